The van der Waals surface area contributed by atoms with Crippen molar-refractivity contribution in [3.63, 3.8) is 0 Å². The van der Waals surface area contributed by atoms with Crippen molar-refractivity contribution in [1.82, 2.24) is 0 Å². The van der Waals surface area contributed by atoms with E-state index in [1.54, 1.807) is 0 Å². The van der Waals surface area contributed by atoms with Gasteiger partial charge in [0.05, 0.1) is 26.7 Å². The summed E-state index contributed by atoms with van der Waals surface area (Å²) in [5, 5.41) is 0. The standard InChI is InChI=1S/C24H52N.ClH/c1-6-8-10-12-14-16-18-20-22-24(3)25(4,5)23-21-19-17-15-13-11-9-7-2;/h24H,6-23H2,1-5H3;1H/q+1;/p-1. The summed E-state index contributed by atoms with van der Waals surface area (Å²) < 4.78 is 1.23. The highest BCUT2D eigenvalue weighted by molar-refractivity contribution is 4.55. The van der Waals surface area contributed by atoms with E-state index in [1.165, 1.54) is 120 Å². The first-order valence-corrected chi connectivity index (χ1v) is 11.9. The molecule has 160 valence electrons. The van der Waals surface area contributed by atoms with Crippen molar-refractivity contribution < 1.29 is 16.9 Å². The molecule has 0 aromatic carbocycles. The summed E-state index contributed by atoms with van der Waals surface area (Å²) in [5.74, 6) is 0. The SMILES string of the molecule is CCCCCCCCCCC(C)[N+](C)(C)CCCCCCCCCC.[Cl-]. The largest absolute Gasteiger partial charge is 1.00 e. The van der Waals surface area contributed by atoms with Gasteiger partial charge in [-0.1, -0.05) is 97.3 Å². The lowest BCUT2D eigenvalue weighted by Gasteiger charge is -2.36. The first-order valence-electron chi connectivity index (χ1n) is 11.9. The first-order chi connectivity index (χ1) is 12.0. The van der Waals surface area contributed by atoms with Crippen molar-refractivity contribution in [3.8, 4) is 0 Å². The van der Waals surface area contributed by atoms with Crippen LogP contribution in [0, 0.1) is 0 Å². The van der Waals surface area contributed by atoms with Crippen LogP contribution in [0.1, 0.15) is 130 Å². The van der Waals surface area contributed by atoms with Crippen LogP contribution in [0.4, 0.5) is 0 Å². The molecule has 0 heterocycles. The molecule has 0 fully saturated rings. The van der Waals surface area contributed by atoms with Gasteiger partial charge in [-0.05, 0) is 32.6 Å². The van der Waals surface area contributed by atoms with Crippen molar-refractivity contribution in [2.45, 2.75) is 136 Å². The van der Waals surface area contributed by atoms with Gasteiger partial charge >= 0.3 is 0 Å². The zero-order valence-electron chi connectivity index (χ0n) is 19.1. The maximum Gasteiger partial charge on any atom is 0.0857 e. The number of nitrogens with zero attached hydrogens (tertiary/aromatic N) is 1. The van der Waals surface area contributed by atoms with Crippen molar-refractivity contribution in [2.75, 3.05) is 20.6 Å². The second kappa shape index (κ2) is 20.0. The van der Waals surface area contributed by atoms with Crippen molar-refractivity contribution in [1.29, 1.82) is 0 Å². The predicted molar refractivity (Wildman–Crippen MR) is 116 cm³/mol. The zero-order chi connectivity index (χ0) is 18.8. The molecular formula is C24H52ClN. The van der Waals surface area contributed by atoms with Gasteiger partial charge in [0, 0.05) is 0 Å². The van der Waals surface area contributed by atoms with Crippen molar-refractivity contribution in [3.05, 3.63) is 0 Å². The molecule has 0 saturated carbocycles. The molecule has 2 heteroatoms. The Morgan fingerprint density at radius 3 is 1.31 bits per heavy atom. The van der Waals surface area contributed by atoms with E-state index in [9.17, 15) is 0 Å². The van der Waals surface area contributed by atoms with E-state index in [-0.39, 0.29) is 12.4 Å². The van der Waals surface area contributed by atoms with E-state index < -0.39 is 0 Å². The number of hydrogen-bond donors (Lipinski definition) is 0. The molecule has 26 heavy (non-hydrogen) atoms. The lowest BCUT2D eigenvalue weighted by molar-refractivity contribution is -0.913. The Morgan fingerprint density at radius 2 is 0.885 bits per heavy atom. The second-order valence-electron chi connectivity index (χ2n) is 9.09. The molecule has 0 amide bonds. The highest BCUT2D eigenvalue weighted by Crippen LogP contribution is 2.18. The molecule has 0 bridgehead atoms. The monoisotopic (exact) mass is 389 g/mol. The highest BCUT2D eigenvalue weighted by Gasteiger charge is 2.22. The fraction of sp³-hybridized carbons (Fsp3) is 1.00. The van der Waals surface area contributed by atoms with Crippen LogP contribution < -0.4 is 12.4 Å². The van der Waals surface area contributed by atoms with Gasteiger partial charge in [-0.2, -0.15) is 0 Å². The van der Waals surface area contributed by atoms with Crippen LogP contribution in [0.5, 0.6) is 0 Å². The third-order valence-electron chi connectivity index (χ3n) is 6.26. The van der Waals surface area contributed by atoms with Gasteiger partial charge in [0.2, 0.25) is 0 Å². The Bertz CT molecular complexity index is 265. The van der Waals surface area contributed by atoms with Crippen molar-refractivity contribution in [2.24, 2.45) is 0 Å². The molecular weight excluding hydrogens is 338 g/mol. The van der Waals surface area contributed by atoms with E-state index >= 15 is 0 Å². The topological polar surface area (TPSA) is 0 Å². The average molecular weight is 390 g/mol. The molecule has 0 aromatic rings. The summed E-state index contributed by atoms with van der Waals surface area (Å²) in [5.41, 5.74) is 0. The molecule has 0 aliphatic rings. The normalized spacial score (nSPS) is 12.8. The Morgan fingerprint density at radius 1 is 0.538 bits per heavy atom. The summed E-state index contributed by atoms with van der Waals surface area (Å²) in [7, 11) is 4.91. The average Bonchev–Trinajstić information content (AvgIpc) is 2.59. The fourth-order valence-electron chi connectivity index (χ4n) is 3.80. The van der Waals surface area contributed by atoms with Crippen LogP contribution in [0.15, 0.2) is 0 Å². The molecule has 0 N–H and O–H groups in total. The fourth-order valence-corrected chi connectivity index (χ4v) is 3.80. The minimum Gasteiger partial charge on any atom is -1.00 e. The molecule has 0 spiro atoms. The van der Waals surface area contributed by atoms with Gasteiger partial charge in [-0.25, -0.2) is 0 Å². The lowest BCUT2D eigenvalue weighted by atomic mass is 10.0. The van der Waals surface area contributed by atoms with Crippen LogP contribution in [-0.2, 0) is 0 Å². The van der Waals surface area contributed by atoms with Crippen LogP contribution in [-0.4, -0.2) is 31.2 Å². The molecule has 0 aliphatic carbocycles. The Kier molecular flexibility index (Phi) is 21.9. The highest BCUT2D eigenvalue weighted by atomic mass is 35.5. The summed E-state index contributed by atoms with van der Waals surface area (Å²) >= 11 is 0. The van der Waals surface area contributed by atoms with E-state index in [2.05, 4.69) is 34.9 Å². The summed E-state index contributed by atoms with van der Waals surface area (Å²) in [6.07, 6.45) is 24.4. The van der Waals surface area contributed by atoms with E-state index in [1.807, 2.05) is 0 Å². The van der Waals surface area contributed by atoms with E-state index in [0.29, 0.717) is 0 Å². The Labute approximate surface area is 173 Å². The molecule has 1 unspecified atom stereocenters. The second-order valence-corrected chi connectivity index (χ2v) is 9.09. The minimum atomic E-state index is 0. The van der Waals surface area contributed by atoms with Crippen LogP contribution in [0.25, 0.3) is 0 Å². The number of hydrogen-bond acceptors (Lipinski definition) is 0. The van der Waals surface area contributed by atoms with Gasteiger partial charge in [0.15, 0.2) is 0 Å². The smallest absolute Gasteiger partial charge is 0.0857 e. The molecule has 0 aromatic heterocycles. The van der Waals surface area contributed by atoms with Crippen LogP contribution >= 0.6 is 0 Å². The minimum absolute atomic E-state index is 0. The number of quaternary nitrogens is 1. The third kappa shape index (κ3) is 17.7. The molecule has 1 atom stereocenters. The summed E-state index contributed by atoms with van der Waals surface area (Å²) in [4.78, 5) is 0. The number of rotatable bonds is 19. The predicted octanol–water partition coefficient (Wildman–Crippen LogP) is 5.13. The van der Waals surface area contributed by atoms with Gasteiger partial charge in [-0.15, -0.1) is 0 Å². The van der Waals surface area contributed by atoms with E-state index in [0.717, 1.165) is 6.04 Å². The van der Waals surface area contributed by atoms with Gasteiger partial charge < -0.3 is 16.9 Å². The zero-order valence-corrected chi connectivity index (χ0v) is 19.9. The number of unbranched alkanes of at least 4 members (excludes halogenated alkanes) is 14. The first kappa shape index (κ1) is 28.5. The van der Waals surface area contributed by atoms with E-state index in [4.69, 9.17) is 0 Å². The Balaban J connectivity index is 0. The quantitative estimate of drug-likeness (QED) is 0.212. The van der Waals surface area contributed by atoms with Gasteiger partial charge in [0.25, 0.3) is 0 Å². The Hall–Kier alpha value is 0.250. The molecule has 1 nitrogen and oxygen atoms in total. The van der Waals surface area contributed by atoms with Crippen molar-refractivity contribution >= 4 is 0 Å². The summed E-state index contributed by atoms with van der Waals surface area (Å²) in [6.45, 7) is 8.45. The third-order valence-corrected chi connectivity index (χ3v) is 6.26. The van der Waals surface area contributed by atoms with Gasteiger partial charge in [-0.3, -0.25) is 0 Å². The molecule has 0 aliphatic heterocycles. The molecule has 0 rings (SSSR count). The van der Waals surface area contributed by atoms with Crippen LogP contribution in [0.3, 0.4) is 0 Å². The molecule has 0 radical (unpaired) electrons. The maximum atomic E-state index is 2.48. The summed E-state index contributed by atoms with van der Waals surface area (Å²) in [6, 6.07) is 0.824. The van der Waals surface area contributed by atoms with Crippen LogP contribution in [0.2, 0.25) is 0 Å². The molecule has 0 saturated heterocycles. The number of halogens is 1. The lowest BCUT2D eigenvalue weighted by Crippen LogP contribution is -3.00. The van der Waals surface area contributed by atoms with Gasteiger partial charge in [0.1, 0.15) is 0 Å². The maximum absolute atomic E-state index is 2.48.